The number of nitrogens with zero attached hydrogens (tertiary/aromatic N) is 1. The summed E-state index contributed by atoms with van der Waals surface area (Å²) in [5.41, 5.74) is 0. The molecule has 0 spiro atoms. The van der Waals surface area contributed by atoms with Gasteiger partial charge in [0.05, 0.1) is 34.4 Å². The summed E-state index contributed by atoms with van der Waals surface area (Å²) < 4.78 is 23.0. The molecule has 0 aliphatic rings. The SMILES string of the molecule is CC/C=C\C/C=C\C/C=C\C/C=C\C/C=C\C/C=C\C/C=C\C/C=C\C/C=C\C/C=C\CCCCCCCCCCCCC(=O)OC(COC(=O)CCCCCCCCCCCCCCCCCCCCCCCCCC)COC(OCC[N+](C)(C)C)C(=O)O. The van der Waals surface area contributed by atoms with Gasteiger partial charge in [-0.1, -0.05) is 334 Å². The lowest BCUT2D eigenvalue weighted by atomic mass is 10.0. The van der Waals surface area contributed by atoms with Gasteiger partial charge in [0.2, 0.25) is 0 Å². The van der Waals surface area contributed by atoms with Crippen molar-refractivity contribution in [1.29, 1.82) is 0 Å². The Kier molecular flexibility index (Phi) is 67.2. The first-order chi connectivity index (χ1) is 44.1. The van der Waals surface area contributed by atoms with E-state index in [0.717, 1.165) is 109 Å². The van der Waals surface area contributed by atoms with Gasteiger partial charge in [-0.05, 0) is 89.9 Å². The minimum absolute atomic E-state index is 0.184. The molecule has 0 radical (unpaired) electrons. The number of carbonyl (C=O) groups excluding carboxylic acids is 2. The van der Waals surface area contributed by atoms with Gasteiger partial charge in [0.15, 0.2) is 6.10 Å². The van der Waals surface area contributed by atoms with E-state index in [1.807, 2.05) is 21.1 Å². The summed E-state index contributed by atoms with van der Waals surface area (Å²) in [5, 5.41) is 9.76. The van der Waals surface area contributed by atoms with E-state index >= 15 is 0 Å². The Labute approximate surface area is 555 Å². The van der Waals surface area contributed by atoms with Crippen LogP contribution in [0.4, 0.5) is 0 Å². The molecule has 0 amide bonds. The summed E-state index contributed by atoms with van der Waals surface area (Å²) in [7, 11) is 5.98. The van der Waals surface area contributed by atoms with Gasteiger partial charge in [-0.25, -0.2) is 4.79 Å². The first-order valence-corrected chi connectivity index (χ1v) is 37.2. The number of carboxylic acids is 1. The number of hydrogen-bond donors (Lipinski definition) is 1. The van der Waals surface area contributed by atoms with Gasteiger partial charge in [-0.2, -0.15) is 0 Å². The van der Waals surface area contributed by atoms with Crippen LogP contribution in [0.3, 0.4) is 0 Å². The third kappa shape index (κ3) is 71.1. The topological polar surface area (TPSA) is 108 Å². The van der Waals surface area contributed by atoms with E-state index in [0.29, 0.717) is 23.9 Å². The maximum Gasteiger partial charge on any atom is 0.361 e. The first-order valence-electron chi connectivity index (χ1n) is 37.2. The molecule has 2 unspecified atom stereocenters. The molecule has 0 aromatic heterocycles. The molecule has 90 heavy (non-hydrogen) atoms. The van der Waals surface area contributed by atoms with Gasteiger partial charge in [-0.3, -0.25) is 9.59 Å². The quantitative estimate of drug-likeness (QED) is 0.0211. The number of aliphatic carboxylic acids is 1. The fraction of sp³-hybridized carbons (Fsp3) is 0.716. The zero-order chi connectivity index (χ0) is 65.4. The Morgan fingerprint density at radius 2 is 0.633 bits per heavy atom. The van der Waals surface area contributed by atoms with Crippen molar-refractivity contribution in [2.45, 2.75) is 328 Å². The largest absolute Gasteiger partial charge is 0.477 e. The lowest BCUT2D eigenvalue weighted by molar-refractivity contribution is -0.870. The molecular weight excluding hydrogens is 1110 g/mol. The van der Waals surface area contributed by atoms with Crippen LogP contribution in [0.5, 0.6) is 0 Å². The summed E-state index contributed by atoms with van der Waals surface area (Å²) in [5.74, 6) is -2.00. The van der Waals surface area contributed by atoms with Crippen molar-refractivity contribution < 1.29 is 42.9 Å². The highest BCUT2D eigenvalue weighted by molar-refractivity contribution is 5.71. The second-order valence-corrected chi connectivity index (χ2v) is 25.9. The number of hydrogen-bond acceptors (Lipinski definition) is 7. The van der Waals surface area contributed by atoms with Crippen LogP contribution >= 0.6 is 0 Å². The van der Waals surface area contributed by atoms with Gasteiger partial charge >= 0.3 is 17.9 Å². The minimum Gasteiger partial charge on any atom is -0.477 e. The molecule has 0 aliphatic heterocycles. The van der Waals surface area contributed by atoms with Gasteiger partial charge in [0.25, 0.3) is 6.29 Å². The Hall–Kier alpha value is -4.31. The molecule has 0 saturated carbocycles. The molecule has 9 heteroatoms. The van der Waals surface area contributed by atoms with E-state index in [-0.39, 0.29) is 32.2 Å². The summed E-state index contributed by atoms with van der Waals surface area (Å²) in [4.78, 5) is 37.7. The number of quaternary nitrogens is 1. The van der Waals surface area contributed by atoms with Gasteiger partial charge < -0.3 is 28.5 Å². The van der Waals surface area contributed by atoms with Crippen molar-refractivity contribution in [1.82, 2.24) is 0 Å². The van der Waals surface area contributed by atoms with Crippen molar-refractivity contribution in [2.24, 2.45) is 0 Å². The standard InChI is InChI=1S/C81H139NO8/c1-6-8-10-12-14-16-18-20-22-24-26-28-30-32-33-34-35-36-37-38-39-40-41-42-43-44-45-46-47-48-50-52-54-56-58-60-62-64-66-68-70-72-79(84)90-77(76-89-81(80(85)86)87-74-73-82(3,4)5)75-88-78(83)71-69-67-65-63-61-59-57-55-53-51-49-31-29-27-25-23-21-19-17-15-13-11-9-7-2/h8,10,14,16,20,22,26,28,32-33,35-36,38-39,41-42,44-45,47-48,77,81H,6-7,9,11-13,15,17-19,21,23-25,27,29-31,34,37,40,43,46,49-76H2,1-5H3/p+1/b10-8-,16-14-,22-20-,28-26-,33-32-,36-35-,39-38-,42-41-,45-44-,48-47-. The highest BCUT2D eigenvalue weighted by atomic mass is 16.7. The molecule has 0 bridgehead atoms. The molecule has 0 aromatic rings. The Balaban J connectivity index is 4.11. The third-order valence-corrected chi connectivity index (χ3v) is 16.0. The van der Waals surface area contributed by atoms with Crippen LogP contribution in [0.25, 0.3) is 0 Å². The number of unbranched alkanes of at least 4 members (excludes halogenated alkanes) is 33. The molecule has 0 fully saturated rings. The van der Waals surface area contributed by atoms with Crippen LogP contribution in [-0.4, -0.2) is 87.4 Å². The Morgan fingerprint density at radius 1 is 0.344 bits per heavy atom. The van der Waals surface area contributed by atoms with Crippen LogP contribution < -0.4 is 0 Å². The Morgan fingerprint density at radius 3 is 0.944 bits per heavy atom. The number of rotatable bonds is 68. The fourth-order valence-corrected chi connectivity index (χ4v) is 10.3. The van der Waals surface area contributed by atoms with Crippen LogP contribution in [0.2, 0.25) is 0 Å². The van der Waals surface area contributed by atoms with Crippen LogP contribution in [-0.2, 0) is 33.3 Å². The monoisotopic (exact) mass is 1260 g/mol. The number of allylic oxidation sites excluding steroid dienone is 20. The smallest absolute Gasteiger partial charge is 0.361 e. The summed E-state index contributed by atoms with van der Waals surface area (Å²) in [6, 6.07) is 0. The predicted molar refractivity (Wildman–Crippen MR) is 387 cm³/mol. The lowest BCUT2D eigenvalue weighted by Crippen LogP contribution is -2.40. The molecule has 2 atom stereocenters. The zero-order valence-corrected chi connectivity index (χ0v) is 59.0. The van der Waals surface area contributed by atoms with Crippen LogP contribution in [0, 0.1) is 0 Å². The predicted octanol–water partition coefficient (Wildman–Crippen LogP) is 23.5. The molecular formula is C81H140NO8+. The van der Waals surface area contributed by atoms with Crippen molar-refractivity contribution in [3.63, 3.8) is 0 Å². The van der Waals surface area contributed by atoms with E-state index in [4.69, 9.17) is 18.9 Å². The molecule has 516 valence electrons. The van der Waals surface area contributed by atoms with Crippen molar-refractivity contribution in [2.75, 3.05) is 47.5 Å². The van der Waals surface area contributed by atoms with E-state index in [2.05, 4.69) is 135 Å². The fourth-order valence-electron chi connectivity index (χ4n) is 10.3. The molecule has 0 aliphatic carbocycles. The van der Waals surface area contributed by atoms with Gasteiger partial charge in [0.1, 0.15) is 13.2 Å². The normalized spacial score (nSPS) is 13.4. The summed E-state index contributed by atoms with van der Waals surface area (Å²) in [6.45, 7) is 4.79. The number of esters is 2. The van der Waals surface area contributed by atoms with Crippen LogP contribution in [0.15, 0.2) is 122 Å². The zero-order valence-electron chi connectivity index (χ0n) is 59.0. The maximum absolute atomic E-state index is 13.0. The number of carbonyl (C=O) groups is 3. The maximum atomic E-state index is 13.0. The second-order valence-electron chi connectivity index (χ2n) is 25.9. The van der Waals surface area contributed by atoms with E-state index in [1.165, 1.54) is 173 Å². The number of carboxylic acid groups (broad SMARTS) is 1. The molecule has 1 N–H and O–H groups in total. The van der Waals surface area contributed by atoms with Crippen LogP contribution in [0.1, 0.15) is 316 Å². The molecule has 0 heterocycles. The van der Waals surface area contributed by atoms with Crippen molar-refractivity contribution >= 4 is 17.9 Å². The van der Waals surface area contributed by atoms with Crippen molar-refractivity contribution in [3.05, 3.63) is 122 Å². The highest BCUT2D eigenvalue weighted by Gasteiger charge is 2.25. The van der Waals surface area contributed by atoms with E-state index < -0.39 is 24.3 Å². The molecule has 0 aromatic carbocycles. The summed E-state index contributed by atoms with van der Waals surface area (Å²) >= 11 is 0. The van der Waals surface area contributed by atoms with E-state index in [9.17, 15) is 19.5 Å². The first kappa shape index (κ1) is 85.7. The van der Waals surface area contributed by atoms with Gasteiger partial charge in [0, 0.05) is 12.8 Å². The lowest BCUT2D eigenvalue weighted by Gasteiger charge is -2.25. The van der Waals surface area contributed by atoms with Crippen molar-refractivity contribution in [3.8, 4) is 0 Å². The minimum atomic E-state index is -1.52. The molecule has 0 saturated heterocycles. The third-order valence-electron chi connectivity index (χ3n) is 16.0. The average molecular weight is 1260 g/mol. The molecule has 9 nitrogen and oxygen atoms in total. The number of likely N-dealkylation sites (N-methyl/N-ethyl adjacent to an activating group) is 1. The molecule has 0 rings (SSSR count). The number of ether oxygens (including phenoxy) is 4. The average Bonchev–Trinajstić information content (AvgIpc) is 3.73. The Bertz CT molecular complexity index is 1900. The van der Waals surface area contributed by atoms with Gasteiger partial charge in [-0.15, -0.1) is 0 Å². The summed E-state index contributed by atoms with van der Waals surface area (Å²) in [6.07, 6.45) is 97.5. The van der Waals surface area contributed by atoms with E-state index in [1.54, 1.807) is 0 Å². The highest BCUT2D eigenvalue weighted by Crippen LogP contribution is 2.18. The second kappa shape index (κ2) is 70.6.